The molecule has 0 saturated heterocycles. The topological polar surface area (TPSA) is 12.0 Å². The molecule has 0 bridgehead atoms. The first-order valence-electron chi connectivity index (χ1n) is 6.56. The van der Waals surface area contributed by atoms with E-state index < -0.39 is 12.6 Å². The third-order valence-electron chi connectivity index (χ3n) is 3.39. The average molecular weight is 273 g/mol. The van der Waals surface area contributed by atoms with Crippen LogP contribution in [0.25, 0.3) is 0 Å². The van der Waals surface area contributed by atoms with Crippen LogP contribution in [0.3, 0.4) is 0 Å². The predicted octanol–water partition coefficient (Wildman–Crippen LogP) is 4.60. The van der Waals surface area contributed by atoms with Gasteiger partial charge in [0.2, 0.25) is 0 Å². The smallest absolute Gasteiger partial charge is 0.313 e. The maximum absolute atomic E-state index is 12.2. The first kappa shape index (κ1) is 16.0. The van der Waals surface area contributed by atoms with Crippen LogP contribution in [-0.4, -0.2) is 13.2 Å². The van der Waals surface area contributed by atoms with Crippen molar-refractivity contribution in [2.45, 2.75) is 52.3 Å². The zero-order valence-corrected chi connectivity index (χ0v) is 12.0. The van der Waals surface area contributed by atoms with Gasteiger partial charge in [-0.25, -0.2) is 0 Å². The molecule has 0 saturated carbocycles. The van der Waals surface area contributed by atoms with Crippen molar-refractivity contribution < 1.29 is 13.2 Å². The molecule has 1 rings (SSSR count). The van der Waals surface area contributed by atoms with Gasteiger partial charge in [0.1, 0.15) is 0 Å². The highest BCUT2D eigenvalue weighted by Crippen LogP contribution is 2.29. The van der Waals surface area contributed by atoms with E-state index in [1.165, 1.54) is 5.56 Å². The van der Waals surface area contributed by atoms with E-state index in [9.17, 15) is 13.2 Å². The highest BCUT2D eigenvalue weighted by atomic mass is 19.4. The van der Waals surface area contributed by atoms with Crippen LogP contribution in [0.15, 0.2) is 12.1 Å². The fraction of sp³-hybridized carbons (Fsp3) is 0.600. The van der Waals surface area contributed by atoms with E-state index in [1.54, 1.807) is 7.05 Å². The van der Waals surface area contributed by atoms with Gasteiger partial charge in [0.15, 0.2) is 0 Å². The van der Waals surface area contributed by atoms with Crippen LogP contribution in [0.1, 0.15) is 47.6 Å². The first-order chi connectivity index (χ1) is 8.74. The van der Waals surface area contributed by atoms with E-state index in [-0.39, 0.29) is 12.5 Å². The number of alkyl halides is 3. The van der Waals surface area contributed by atoms with E-state index in [0.717, 1.165) is 16.7 Å². The Kier molecular flexibility index (Phi) is 5.41. The van der Waals surface area contributed by atoms with Crippen molar-refractivity contribution in [1.82, 2.24) is 5.32 Å². The molecule has 4 heteroatoms. The Hall–Kier alpha value is -1.03. The van der Waals surface area contributed by atoms with Crippen molar-refractivity contribution in [1.29, 1.82) is 0 Å². The van der Waals surface area contributed by atoms with Gasteiger partial charge in [-0.05, 0) is 57.4 Å². The summed E-state index contributed by atoms with van der Waals surface area (Å²) in [5.74, 6) is 0. The summed E-state index contributed by atoms with van der Waals surface area (Å²) in [7, 11) is 1.80. The largest absolute Gasteiger partial charge is 0.389 e. The number of nitrogens with one attached hydrogen (secondary N) is 1. The number of halogens is 3. The van der Waals surface area contributed by atoms with Crippen molar-refractivity contribution in [2.75, 3.05) is 7.05 Å². The number of benzene rings is 1. The van der Waals surface area contributed by atoms with Gasteiger partial charge >= 0.3 is 6.18 Å². The van der Waals surface area contributed by atoms with E-state index in [1.807, 2.05) is 20.8 Å². The summed E-state index contributed by atoms with van der Waals surface area (Å²) in [6.45, 7) is 6.06. The van der Waals surface area contributed by atoms with E-state index in [2.05, 4.69) is 17.4 Å². The number of rotatable bonds is 5. The standard InChI is InChI=1S/C15H22F3N/c1-10-8-11(2)14(12(3)9-10)13(19-4)6-5-7-15(16,17)18/h8-9,13,19H,5-7H2,1-4H3. The van der Waals surface area contributed by atoms with Crippen molar-refractivity contribution in [3.8, 4) is 0 Å². The van der Waals surface area contributed by atoms with Crippen LogP contribution < -0.4 is 5.32 Å². The van der Waals surface area contributed by atoms with E-state index in [4.69, 9.17) is 0 Å². The lowest BCUT2D eigenvalue weighted by Gasteiger charge is -2.22. The second kappa shape index (κ2) is 6.42. The molecule has 1 aromatic rings. The van der Waals surface area contributed by atoms with Crippen LogP contribution in [0.2, 0.25) is 0 Å². The molecule has 0 aliphatic carbocycles. The Balaban J connectivity index is 2.80. The van der Waals surface area contributed by atoms with Crippen molar-refractivity contribution in [3.05, 3.63) is 34.4 Å². The normalized spacial score (nSPS) is 13.6. The Morgan fingerprint density at radius 1 is 1.11 bits per heavy atom. The molecular weight excluding hydrogens is 251 g/mol. The summed E-state index contributed by atoms with van der Waals surface area (Å²) < 4.78 is 36.6. The summed E-state index contributed by atoms with van der Waals surface area (Å²) in [6.07, 6.45) is -4.12. The number of hydrogen-bond acceptors (Lipinski definition) is 1. The number of aryl methyl sites for hydroxylation is 3. The van der Waals surface area contributed by atoms with E-state index >= 15 is 0 Å². The van der Waals surface area contributed by atoms with Gasteiger partial charge in [0.25, 0.3) is 0 Å². The second-order valence-electron chi connectivity index (χ2n) is 5.16. The molecule has 0 fully saturated rings. The van der Waals surface area contributed by atoms with Gasteiger partial charge in [-0.2, -0.15) is 13.2 Å². The molecule has 0 aliphatic rings. The van der Waals surface area contributed by atoms with Gasteiger partial charge in [-0.15, -0.1) is 0 Å². The lowest BCUT2D eigenvalue weighted by molar-refractivity contribution is -0.135. The average Bonchev–Trinajstić information content (AvgIpc) is 2.23. The zero-order chi connectivity index (χ0) is 14.6. The van der Waals surface area contributed by atoms with Gasteiger partial charge in [-0.3, -0.25) is 0 Å². The third kappa shape index (κ3) is 4.86. The summed E-state index contributed by atoms with van der Waals surface area (Å²) in [5, 5.41) is 3.14. The minimum Gasteiger partial charge on any atom is -0.313 e. The van der Waals surface area contributed by atoms with Crippen molar-refractivity contribution >= 4 is 0 Å². The molecule has 0 spiro atoms. The first-order valence-corrected chi connectivity index (χ1v) is 6.56. The third-order valence-corrected chi connectivity index (χ3v) is 3.39. The predicted molar refractivity (Wildman–Crippen MR) is 72.4 cm³/mol. The molecule has 19 heavy (non-hydrogen) atoms. The SMILES string of the molecule is CNC(CCCC(F)(F)F)c1c(C)cc(C)cc1C. The number of hydrogen-bond donors (Lipinski definition) is 1. The Bertz CT molecular complexity index is 401. The zero-order valence-electron chi connectivity index (χ0n) is 12.0. The van der Waals surface area contributed by atoms with Crippen LogP contribution in [0, 0.1) is 20.8 Å². The molecular formula is C15H22F3N. The molecule has 1 N–H and O–H groups in total. The molecule has 1 aromatic carbocycles. The highest BCUT2D eigenvalue weighted by molar-refractivity contribution is 5.39. The maximum atomic E-state index is 12.2. The summed E-state index contributed by atoms with van der Waals surface area (Å²) in [6, 6.07) is 4.15. The van der Waals surface area contributed by atoms with Crippen molar-refractivity contribution in [2.24, 2.45) is 0 Å². The van der Waals surface area contributed by atoms with Crippen molar-refractivity contribution in [3.63, 3.8) is 0 Å². The maximum Gasteiger partial charge on any atom is 0.389 e. The molecule has 0 radical (unpaired) electrons. The monoisotopic (exact) mass is 273 g/mol. The Labute approximate surface area is 113 Å². The van der Waals surface area contributed by atoms with Crippen LogP contribution in [-0.2, 0) is 0 Å². The molecule has 1 atom stereocenters. The van der Waals surface area contributed by atoms with Crippen LogP contribution >= 0.6 is 0 Å². The molecule has 0 aliphatic heterocycles. The quantitative estimate of drug-likeness (QED) is 0.826. The van der Waals surface area contributed by atoms with Gasteiger partial charge in [-0.1, -0.05) is 17.7 Å². The second-order valence-corrected chi connectivity index (χ2v) is 5.16. The Morgan fingerprint density at radius 3 is 2.05 bits per heavy atom. The van der Waals surface area contributed by atoms with Gasteiger partial charge in [0, 0.05) is 12.5 Å². The lowest BCUT2D eigenvalue weighted by Crippen LogP contribution is -2.19. The molecule has 0 heterocycles. The molecule has 0 aromatic heterocycles. The van der Waals surface area contributed by atoms with Crippen LogP contribution in [0.4, 0.5) is 13.2 Å². The molecule has 1 unspecified atom stereocenters. The lowest BCUT2D eigenvalue weighted by atomic mass is 9.91. The fourth-order valence-corrected chi connectivity index (χ4v) is 2.68. The summed E-state index contributed by atoms with van der Waals surface area (Å²) in [4.78, 5) is 0. The summed E-state index contributed by atoms with van der Waals surface area (Å²) in [5.41, 5.74) is 4.60. The minimum atomic E-state index is -4.06. The molecule has 0 amide bonds. The molecule has 1 nitrogen and oxygen atoms in total. The minimum absolute atomic E-state index is 0.0112. The Morgan fingerprint density at radius 2 is 1.63 bits per heavy atom. The van der Waals surface area contributed by atoms with Crippen LogP contribution in [0.5, 0.6) is 0 Å². The highest BCUT2D eigenvalue weighted by Gasteiger charge is 2.27. The van der Waals surface area contributed by atoms with Gasteiger partial charge < -0.3 is 5.32 Å². The van der Waals surface area contributed by atoms with Gasteiger partial charge in [0.05, 0.1) is 0 Å². The molecule has 108 valence electrons. The summed E-state index contributed by atoms with van der Waals surface area (Å²) >= 11 is 0. The fourth-order valence-electron chi connectivity index (χ4n) is 2.68. The van der Waals surface area contributed by atoms with E-state index in [0.29, 0.717) is 6.42 Å².